The molecular weight excluding hydrogens is 346 g/mol. The number of carboxylic acids is 1. The first kappa shape index (κ1) is 19.4. The van der Waals surface area contributed by atoms with Crippen molar-refractivity contribution >= 4 is 21.7 Å². The number of aryl methyl sites for hydroxylation is 1. The molecule has 8 heteroatoms. The molecule has 1 saturated heterocycles. The first-order chi connectivity index (χ1) is 11.8. The van der Waals surface area contributed by atoms with E-state index in [1.54, 1.807) is 0 Å². The highest BCUT2D eigenvalue weighted by atomic mass is 32.2. The van der Waals surface area contributed by atoms with Gasteiger partial charge in [-0.05, 0) is 18.4 Å². The van der Waals surface area contributed by atoms with Gasteiger partial charge >= 0.3 is 5.97 Å². The van der Waals surface area contributed by atoms with E-state index in [4.69, 9.17) is 4.74 Å². The summed E-state index contributed by atoms with van der Waals surface area (Å²) in [6.07, 6.45) is 0.821. The molecule has 1 fully saturated rings. The van der Waals surface area contributed by atoms with Gasteiger partial charge in [0.25, 0.3) is 0 Å². The van der Waals surface area contributed by atoms with E-state index in [-0.39, 0.29) is 24.8 Å². The molecular formula is C17H23NO6S. The van der Waals surface area contributed by atoms with Crippen LogP contribution < -0.4 is 0 Å². The van der Waals surface area contributed by atoms with Gasteiger partial charge in [-0.25, -0.2) is 13.2 Å². The van der Waals surface area contributed by atoms with E-state index in [1.165, 1.54) is 7.11 Å². The van der Waals surface area contributed by atoms with Gasteiger partial charge in [0, 0.05) is 20.1 Å². The third-order valence-electron chi connectivity index (χ3n) is 4.31. The van der Waals surface area contributed by atoms with E-state index in [0.717, 1.165) is 10.5 Å². The summed E-state index contributed by atoms with van der Waals surface area (Å²) < 4.78 is 29.5. The van der Waals surface area contributed by atoms with Crippen molar-refractivity contribution in [1.29, 1.82) is 0 Å². The Balaban J connectivity index is 1.90. The lowest BCUT2D eigenvalue weighted by Crippen LogP contribution is -2.43. The maximum absolute atomic E-state index is 12.3. The third-order valence-corrected chi connectivity index (χ3v) is 5.91. The molecule has 1 aliphatic rings. The van der Waals surface area contributed by atoms with Gasteiger partial charge in [0.15, 0.2) is 9.84 Å². The molecule has 2 atom stereocenters. The Kier molecular flexibility index (Phi) is 6.55. The number of sulfone groups is 1. The molecule has 2 unspecified atom stereocenters. The van der Waals surface area contributed by atoms with E-state index in [0.29, 0.717) is 12.8 Å². The SMILES string of the molecule is COC1CC(C(=O)O)N(C(=O)CS(=O)(=O)CCCc2ccccc2)C1. The fraction of sp³-hybridized carbons (Fsp3) is 0.529. The molecule has 7 nitrogen and oxygen atoms in total. The van der Waals surface area contributed by atoms with Crippen LogP contribution in [0.3, 0.4) is 0 Å². The van der Waals surface area contributed by atoms with Crippen LogP contribution in [0, 0.1) is 0 Å². The first-order valence-electron chi connectivity index (χ1n) is 8.12. The number of rotatable bonds is 8. The molecule has 1 aromatic rings. The van der Waals surface area contributed by atoms with Gasteiger partial charge in [-0.1, -0.05) is 30.3 Å². The monoisotopic (exact) mass is 369 g/mol. The molecule has 138 valence electrons. The maximum atomic E-state index is 12.3. The second-order valence-corrected chi connectivity index (χ2v) is 8.36. The fourth-order valence-corrected chi connectivity index (χ4v) is 4.23. The number of carbonyl (C=O) groups excluding carboxylic acids is 1. The minimum atomic E-state index is -3.59. The van der Waals surface area contributed by atoms with Crippen LogP contribution in [0.15, 0.2) is 30.3 Å². The molecule has 0 aliphatic carbocycles. The van der Waals surface area contributed by atoms with Crippen molar-refractivity contribution in [2.24, 2.45) is 0 Å². The lowest BCUT2D eigenvalue weighted by molar-refractivity contribution is -0.147. The van der Waals surface area contributed by atoms with E-state index in [2.05, 4.69) is 0 Å². The second-order valence-electron chi connectivity index (χ2n) is 6.17. The van der Waals surface area contributed by atoms with Crippen LogP contribution in [0.25, 0.3) is 0 Å². The predicted octanol–water partition coefficient (Wildman–Crippen LogP) is 0.735. The highest BCUT2D eigenvalue weighted by Gasteiger charge is 2.40. The fourth-order valence-electron chi connectivity index (χ4n) is 2.96. The normalized spacial score (nSPS) is 20.6. The molecule has 1 aliphatic heterocycles. The summed E-state index contributed by atoms with van der Waals surface area (Å²) in [7, 11) is -2.14. The number of amides is 1. The van der Waals surface area contributed by atoms with Gasteiger partial charge in [-0.15, -0.1) is 0 Å². The summed E-state index contributed by atoms with van der Waals surface area (Å²) in [6, 6.07) is 8.48. The smallest absolute Gasteiger partial charge is 0.326 e. The number of carboxylic acid groups (broad SMARTS) is 1. The second kappa shape index (κ2) is 8.44. The minimum absolute atomic E-state index is 0.103. The quantitative estimate of drug-likeness (QED) is 0.725. The molecule has 2 rings (SSSR count). The van der Waals surface area contributed by atoms with Crippen molar-refractivity contribution in [3.8, 4) is 0 Å². The third kappa shape index (κ3) is 5.54. The van der Waals surface area contributed by atoms with E-state index >= 15 is 0 Å². The van der Waals surface area contributed by atoms with Gasteiger partial charge in [-0.3, -0.25) is 4.79 Å². The molecule has 25 heavy (non-hydrogen) atoms. The van der Waals surface area contributed by atoms with E-state index in [9.17, 15) is 23.1 Å². The van der Waals surface area contributed by atoms with Gasteiger partial charge in [-0.2, -0.15) is 0 Å². The van der Waals surface area contributed by atoms with Crippen LogP contribution in [0.1, 0.15) is 18.4 Å². The number of likely N-dealkylation sites (tertiary alicyclic amines) is 1. The zero-order valence-electron chi connectivity index (χ0n) is 14.1. The minimum Gasteiger partial charge on any atom is -0.480 e. The lowest BCUT2D eigenvalue weighted by Gasteiger charge is -2.21. The molecule has 1 heterocycles. The van der Waals surface area contributed by atoms with Gasteiger partial charge in [0.2, 0.25) is 5.91 Å². The standard InChI is InChI=1S/C17H23NO6S/c1-24-14-10-15(17(20)21)18(11-14)16(19)12-25(22,23)9-5-8-13-6-3-2-4-7-13/h2-4,6-7,14-15H,5,8-12H2,1H3,(H,20,21). The highest BCUT2D eigenvalue weighted by molar-refractivity contribution is 7.92. The van der Waals surface area contributed by atoms with Crippen LogP contribution in [0.2, 0.25) is 0 Å². The number of nitrogens with zero attached hydrogens (tertiary/aromatic N) is 1. The van der Waals surface area contributed by atoms with Crippen molar-refractivity contribution < 1.29 is 27.9 Å². The Morgan fingerprint density at radius 3 is 2.56 bits per heavy atom. The van der Waals surface area contributed by atoms with Crippen molar-refractivity contribution in [3.05, 3.63) is 35.9 Å². The predicted molar refractivity (Wildman–Crippen MR) is 92.0 cm³/mol. The van der Waals surface area contributed by atoms with Crippen LogP contribution >= 0.6 is 0 Å². The van der Waals surface area contributed by atoms with Crippen LogP contribution in [0.5, 0.6) is 0 Å². The Morgan fingerprint density at radius 2 is 1.96 bits per heavy atom. The van der Waals surface area contributed by atoms with Crippen molar-refractivity contribution in [2.45, 2.75) is 31.4 Å². The number of methoxy groups -OCH3 is 1. The molecule has 1 aromatic carbocycles. The van der Waals surface area contributed by atoms with Crippen LogP contribution in [-0.4, -0.2) is 67.6 Å². The molecule has 0 radical (unpaired) electrons. The number of benzene rings is 1. The van der Waals surface area contributed by atoms with Gasteiger partial charge in [0.05, 0.1) is 11.9 Å². The largest absolute Gasteiger partial charge is 0.480 e. The number of hydrogen-bond acceptors (Lipinski definition) is 5. The highest BCUT2D eigenvalue weighted by Crippen LogP contribution is 2.21. The summed E-state index contributed by atoms with van der Waals surface area (Å²) in [4.78, 5) is 24.7. The molecule has 1 N–H and O–H groups in total. The number of carbonyl (C=O) groups is 2. The molecule has 0 spiro atoms. The summed E-state index contributed by atoms with van der Waals surface area (Å²) in [5.74, 6) is -2.59. The van der Waals surface area contributed by atoms with Crippen LogP contribution in [-0.2, 0) is 30.6 Å². The summed E-state index contributed by atoms with van der Waals surface area (Å²) in [6.45, 7) is 0.103. The zero-order valence-corrected chi connectivity index (χ0v) is 14.9. The Labute approximate surface area is 147 Å². The first-order valence-corrected chi connectivity index (χ1v) is 9.94. The maximum Gasteiger partial charge on any atom is 0.326 e. The molecule has 1 amide bonds. The lowest BCUT2D eigenvalue weighted by atomic mass is 10.1. The van der Waals surface area contributed by atoms with Gasteiger partial charge in [0.1, 0.15) is 11.8 Å². The molecule has 0 saturated carbocycles. The Hall–Kier alpha value is -1.93. The van der Waals surface area contributed by atoms with Crippen molar-refractivity contribution in [2.75, 3.05) is 25.2 Å². The Morgan fingerprint density at radius 1 is 1.28 bits per heavy atom. The summed E-state index contributed by atoms with van der Waals surface area (Å²) >= 11 is 0. The summed E-state index contributed by atoms with van der Waals surface area (Å²) in [5, 5.41) is 9.21. The number of ether oxygens (including phenoxy) is 1. The van der Waals surface area contributed by atoms with Crippen LogP contribution in [0.4, 0.5) is 0 Å². The average molecular weight is 369 g/mol. The topological polar surface area (TPSA) is 101 Å². The van der Waals surface area contributed by atoms with Crippen molar-refractivity contribution in [1.82, 2.24) is 4.90 Å². The van der Waals surface area contributed by atoms with Crippen molar-refractivity contribution in [3.63, 3.8) is 0 Å². The Bertz CT molecular complexity index is 703. The average Bonchev–Trinajstić information content (AvgIpc) is 3.00. The molecule has 0 bridgehead atoms. The number of aliphatic carboxylic acids is 1. The van der Waals surface area contributed by atoms with E-state index in [1.807, 2.05) is 30.3 Å². The zero-order chi connectivity index (χ0) is 18.4. The summed E-state index contributed by atoms with van der Waals surface area (Å²) in [5.41, 5.74) is 1.04. The molecule has 0 aromatic heterocycles. The van der Waals surface area contributed by atoms with E-state index < -0.39 is 33.5 Å². The van der Waals surface area contributed by atoms with Gasteiger partial charge < -0.3 is 14.7 Å². The number of hydrogen-bond donors (Lipinski definition) is 1.